The van der Waals surface area contributed by atoms with Gasteiger partial charge in [0.25, 0.3) is 0 Å². The predicted octanol–water partition coefficient (Wildman–Crippen LogP) is 4.03. The molecule has 2 aromatic carbocycles. The Morgan fingerprint density at radius 2 is 1.74 bits per heavy atom. The van der Waals surface area contributed by atoms with E-state index in [1.165, 1.54) is 6.07 Å². The molecular weight excluding hydrogens is 296 g/mol. The van der Waals surface area contributed by atoms with Crippen LogP contribution in [0.5, 0.6) is 0 Å². The molecule has 0 aliphatic heterocycles. The SMILES string of the molecule is Cc1ccc(-c2nc3cc(F)c(F)cc3n2CCCCN)cc1. The van der Waals surface area contributed by atoms with E-state index in [0.29, 0.717) is 24.1 Å². The molecule has 3 rings (SSSR count). The smallest absolute Gasteiger partial charge is 0.161 e. The molecule has 0 bridgehead atoms. The van der Waals surface area contributed by atoms with Crippen LogP contribution in [0, 0.1) is 18.6 Å². The van der Waals surface area contributed by atoms with E-state index in [4.69, 9.17) is 5.73 Å². The number of benzene rings is 2. The lowest BCUT2D eigenvalue weighted by atomic mass is 10.1. The number of fused-ring (bicyclic) bond motifs is 1. The second kappa shape index (κ2) is 6.46. The number of nitrogens with two attached hydrogens (primary N) is 1. The van der Waals surface area contributed by atoms with E-state index in [2.05, 4.69) is 4.98 Å². The summed E-state index contributed by atoms with van der Waals surface area (Å²) >= 11 is 0. The molecule has 3 nitrogen and oxygen atoms in total. The van der Waals surface area contributed by atoms with Crippen LogP contribution >= 0.6 is 0 Å². The van der Waals surface area contributed by atoms with E-state index in [9.17, 15) is 8.78 Å². The van der Waals surface area contributed by atoms with Crippen molar-refractivity contribution in [2.24, 2.45) is 5.73 Å². The number of aryl methyl sites for hydroxylation is 2. The summed E-state index contributed by atoms with van der Waals surface area (Å²) < 4.78 is 29.1. The highest BCUT2D eigenvalue weighted by Crippen LogP contribution is 2.27. The standard InChI is InChI=1S/C18H19F2N3/c1-12-4-6-13(7-5-12)18-22-16-10-14(19)15(20)11-17(16)23(18)9-3-2-8-21/h4-7,10-11H,2-3,8-9,21H2,1H3. The zero-order chi connectivity index (χ0) is 16.4. The molecule has 23 heavy (non-hydrogen) atoms. The predicted molar refractivity (Wildman–Crippen MR) is 88.1 cm³/mol. The highest BCUT2D eigenvalue weighted by molar-refractivity contribution is 5.81. The number of rotatable bonds is 5. The summed E-state index contributed by atoms with van der Waals surface area (Å²) in [5.74, 6) is -1.01. The van der Waals surface area contributed by atoms with E-state index < -0.39 is 11.6 Å². The first kappa shape index (κ1) is 15.6. The second-order valence-corrected chi connectivity index (χ2v) is 5.70. The number of aromatic nitrogens is 2. The number of unbranched alkanes of at least 4 members (excludes halogenated alkanes) is 1. The van der Waals surface area contributed by atoms with Crippen molar-refractivity contribution < 1.29 is 8.78 Å². The Kier molecular flexibility index (Phi) is 4.39. The van der Waals surface area contributed by atoms with E-state index in [0.717, 1.165) is 35.9 Å². The van der Waals surface area contributed by atoms with Gasteiger partial charge in [-0.15, -0.1) is 0 Å². The first-order chi connectivity index (χ1) is 11.1. The highest BCUT2D eigenvalue weighted by atomic mass is 19.2. The van der Waals surface area contributed by atoms with Crippen LogP contribution in [0.25, 0.3) is 22.4 Å². The molecule has 2 N–H and O–H groups in total. The van der Waals surface area contributed by atoms with Crippen LogP contribution in [0.4, 0.5) is 8.78 Å². The Morgan fingerprint density at radius 1 is 1.04 bits per heavy atom. The summed E-state index contributed by atoms with van der Waals surface area (Å²) in [6.45, 7) is 3.29. The maximum absolute atomic E-state index is 13.6. The third kappa shape index (κ3) is 3.10. The van der Waals surface area contributed by atoms with Crippen LogP contribution in [0.2, 0.25) is 0 Å². The quantitative estimate of drug-likeness (QED) is 0.722. The monoisotopic (exact) mass is 315 g/mol. The van der Waals surface area contributed by atoms with Gasteiger partial charge in [0, 0.05) is 24.2 Å². The van der Waals surface area contributed by atoms with Crippen molar-refractivity contribution in [3.05, 3.63) is 53.6 Å². The number of imidazole rings is 1. The van der Waals surface area contributed by atoms with Crippen LogP contribution in [-0.4, -0.2) is 16.1 Å². The fourth-order valence-electron chi connectivity index (χ4n) is 2.68. The summed E-state index contributed by atoms with van der Waals surface area (Å²) in [5.41, 5.74) is 8.71. The molecule has 0 atom stereocenters. The molecule has 0 fully saturated rings. The molecule has 1 aromatic heterocycles. The summed E-state index contributed by atoms with van der Waals surface area (Å²) in [6.07, 6.45) is 1.73. The largest absolute Gasteiger partial charge is 0.330 e. The number of hydrogen-bond donors (Lipinski definition) is 1. The first-order valence-electron chi connectivity index (χ1n) is 7.72. The zero-order valence-corrected chi connectivity index (χ0v) is 13.0. The van der Waals surface area contributed by atoms with E-state index in [1.54, 1.807) is 0 Å². The van der Waals surface area contributed by atoms with Gasteiger partial charge in [-0.3, -0.25) is 0 Å². The van der Waals surface area contributed by atoms with E-state index >= 15 is 0 Å². The number of nitrogens with zero attached hydrogens (tertiary/aromatic N) is 2. The Labute approximate surface area is 133 Å². The van der Waals surface area contributed by atoms with Crippen LogP contribution in [0.1, 0.15) is 18.4 Å². The Bertz CT molecular complexity index is 822. The van der Waals surface area contributed by atoms with Crippen LogP contribution in [0.3, 0.4) is 0 Å². The maximum Gasteiger partial charge on any atom is 0.161 e. The van der Waals surface area contributed by atoms with Crippen LogP contribution in [0.15, 0.2) is 36.4 Å². The van der Waals surface area contributed by atoms with Gasteiger partial charge in [-0.05, 0) is 26.3 Å². The molecule has 0 saturated carbocycles. The van der Waals surface area contributed by atoms with Crippen molar-refractivity contribution in [1.82, 2.24) is 9.55 Å². The first-order valence-corrected chi connectivity index (χ1v) is 7.72. The van der Waals surface area contributed by atoms with Gasteiger partial charge in [-0.1, -0.05) is 29.8 Å². The highest BCUT2D eigenvalue weighted by Gasteiger charge is 2.15. The van der Waals surface area contributed by atoms with Crippen molar-refractivity contribution >= 4 is 11.0 Å². The minimum atomic E-state index is -0.875. The topological polar surface area (TPSA) is 43.8 Å². The lowest BCUT2D eigenvalue weighted by Gasteiger charge is -2.09. The molecule has 0 unspecified atom stereocenters. The van der Waals surface area contributed by atoms with Gasteiger partial charge in [0.05, 0.1) is 11.0 Å². The van der Waals surface area contributed by atoms with Gasteiger partial charge in [0.2, 0.25) is 0 Å². The van der Waals surface area contributed by atoms with Gasteiger partial charge in [0.1, 0.15) is 5.82 Å². The van der Waals surface area contributed by atoms with Crippen molar-refractivity contribution in [2.75, 3.05) is 6.54 Å². The number of halogens is 2. The van der Waals surface area contributed by atoms with Gasteiger partial charge in [-0.2, -0.15) is 0 Å². The fourth-order valence-corrected chi connectivity index (χ4v) is 2.68. The molecule has 3 aromatic rings. The lowest BCUT2D eigenvalue weighted by molar-refractivity contribution is 0.510. The summed E-state index contributed by atoms with van der Waals surface area (Å²) in [6, 6.07) is 10.3. The Balaban J connectivity index is 2.14. The Morgan fingerprint density at radius 3 is 2.43 bits per heavy atom. The summed E-state index contributed by atoms with van der Waals surface area (Å²) in [5, 5.41) is 0. The fraction of sp³-hybridized carbons (Fsp3) is 0.278. The molecule has 1 heterocycles. The molecule has 0 aliphatic carbocycles. The number of hydrogen-bond acceptors (Lipinski definition) is 2. The van der Waals surface area contributed by atoms with Crippen LogP contribution < -0.4 is 5.73 Å². The van der Waals surface area contributed by atoms with E-state index in [1.807, 2.05) is 35.8 Å². The molecule has 0 radical (unpaired) electrons. The van der Waals surface area contributed by atoms with Crippen molar-refractivity contribution in [1.29, 1.82) is 0 Å². The molecular formula is C18H19F2N3. The molecule has 0 aliphatic rings. The van der Waals surface area contributed by atoms with Gasteiger partial charge < -0.3 is 10.3 Å². The normalized spacial score (nSPS) is 11.3. The van der Waals surface area contributed by atoms with Crippen molar-refractivity contribution in [3.63, 3.8) is 0 Å². The molecule has 120 valence electrons. The summed E-state index contributed by atoms with van der Waals surface area (Å²) in [7, 11) is 0. The van der Waals surface area contributed by atoms with Crippen molar-refractivity contribution in [3.8, 4) is 11.4 Å². The minimum absolute atomic E-state index is 0.465. The average molecular weight is 315 g/mol. The van der Waals surface area contributed by atoms with E-state index in [-0.39, 0.29) is 0 Å². The Hall–Kier alpha value is -2.27. The zero-order valence-electron chi connectivity index (χ0n) is 13.0. The molecule has 5 heteroatoms. The third-order valence-corrected chi connectivity index (χ3v) is 3.94. The van der Waals surface area contributed by atoms with Gasteiger partial charge >= 0.3 is 0 Å². The molecule has 0 saturated heterocycles. The van der Waals surface area contributed by atoms with Crippen LogP contribution in [-0.2, 0) is 6.54 Å². The van der Waals surface area contributed by atoms with Crippen molar-refractivity contribution in [2.45, 2.75) is 26.3 Å². The maximum atomic E-state index is 13.6. The van der Waals surface area contributed by atoms with Gasteiger partial charge in [-0.25, -0.2) is 13.8 Å². The van der Waals surface area contributed by atoms with Gasteiger partial charge in [0.15, 0.2) is 11.6 Å². The second-order valence-electron chi connectivity index (χ2n) is 5.70. The molecule has 0 spiro atoms. The minimum Gasteiger partial charge on any atom is -0.330 e. The lowest BCUT2D eigenvalue weighted by Crippen LogP contribution is -2.05. The average Bonchev–Trinajstić information content (AvgIpc) is 2.87. The summed E-state index contributed by atoms with van der Waals surface area (Å²) in [4.78, 5) is 4.52. The molecule has 0 amide bonds. The third-order valence-electron chi connectivity index (χ3n) is 3.94.